The van der Waals surface area contributed by atoms with Crippen LogP contribution < -0.4 is 10.6 Å². The lowest BCUT2D eigenvalue weighted by Crippen LogP contribution is -2.33. The van der Waals surface area contributed by atoms with Gasteiger partial charge in [-0.2, -0.15) is 0 Å². The first-order valence-corrected chi connectivity index (χ1v) is 5.42. The number of hydrogen-bond donors (Lipinski definition) is 1. The number of terminal acetylenes is 1. The Hall–Kier alpha value is -1.53. The first-order valence-electron chi connectivity index (χ1n) is 5.42. The second-order valence-electron chi connectivity index (χ2n) is 4.86. The van der Waals surface area contributed by atoms with Gasteiger partial charge in [0, 0.05) is 29.9 Å². The van der Waals surface area contributed by atoms with E-state index in [1.54, 1.807) is 0 Å². The van der Waals surface area contributed by atoms with E-state index in [1.807, 2.05) is 6.07 Å². The van der Waals surface area contributed by atoms with Crippen LogP contribution in [-0.2, 0) is 0 Å². The molecule has 0 radical (unpaired) electrons. The third-order valence-corrected chi connectivity index (χ3v) is 3.62. The molecule has 0 amide bonds. The van der Waals surface area contributed by atoms with Crippen LogP contribution in [0.2, 0.25) is 0 Å². The normalized spacial score (nSPS) is 31.1. The van der Waals surface area contributed by atoms with E-state index < -0.39 is 0 Å². The van der Waals surface area contributed by atoms with Gasteiger partial charge in [0.25, 0.3) is 0 Å². The van der Waals surface area contributed by atoms with Crippen LogP contribution in [-0.4, -0.2) is 18.6 Å². The third-order valence-electron chi connectivity index (χ3n) is 3.62. The summed E-state index contributed by atoms with van der Waals surface area (Å²) in [4.78, 5) is 2.12. The Kier molecular flexibility index (Phi) is 1.81. The van der Waals surface area contributed by atoms with Gasteiger partial charge < -0.3 is 10.6 Å². The summed E-state index contributed by atoms with van der Waals surface area (Å²) in [6.07, 6.45) is 6.39. The van der Waals surface area contributed by atoms with Crippen molar-refractivity contribution in [3.63, 3.8) is 0 Å². The Balaban J connectivity index is 1.90. The molecule has 1 aliphatic carbocycles. The van der Waals surface area contributed by atoms with E-state index in [2.05, 4.69) is 10.8 Å². The molecule has 82 valence electrons. The molecule has 1 saturated heterocycles. The molecule has 2 N–H and O–H groups in total. The maximum absolute atomic E-state index is 13.3. The Morgan fingerprint density at radius 2 is 2.31 bits per heavy atom. The monoisotopic (exact) mass is 216 g/mol. The van der Waals surface area contributed by atoms with Gasteiger partial charge in [0.2, 0.25) is 0 Å². The molecule has 2 unspecified atom stereocenters. The van der Waals surface area contributed by atoms with E-state index in [-0.39, 0.29) is 11.4 Å². The van der Waals surface area contributed by atoms with Crippen LogP contribution in [0.3, 0.4) is 0 Å². The van der Waals surface area contributed by atoms with E-state index in [9.17, 15) is 4.39 Å². The number of nitrogens with two attached hydrogens (primary N) is 1. The molecule has 3 rings (SSSR count). The lowest BCUT2D eigenvalue weighted by molar-refractivity contribution is 0.625. The third kappa shape index (κ3) is 1.38. The van der Waals surface area contributed by atoms with Crippen molar-refractivity contribution in [1.82, 2.24) is 0 Å². The molecule has 2 nitrogen and oxygen atoms in total. The summed E-state index contributed by atoms with van der Waals surface area (Å²) >= 11 is 0. The fourth-order valence-corrected chi connectivity index (χ4v) is 2.56. The highest BCUT2D eigenvalue weighted by atomic mass is 19.1. The zero-order chi connectivity index (χ0) is 11.3. The fraction of sp³-hybridized carbons (Fsp3) is 0.385. The van der Waals surface area contributed by atoms with Gasteiger partial charge in [0.05, 0.1) is 0 Å². The fourth-order valence-electron chi connectivity index (χ4n) is 2.56. The minimum Gasteiger partial charge on any atom is -0.369 e. The van der Waals surface area contributed by atoms with Crippen molar-refractivity contribution in [2.75, 3.05) is 18.0 Å². The maximum atomic E-state index is 13.3. The van der Waals surface area contributed by atoms with Crippen LogP contribution in [0, 0.1) is 24.1 Å². The average Bonchev–Trinajstić information content (AvgIpc) is 2.76. The molecular weight excluding hydrogens is 203 g/mol. The SMILES string of the molecule is C#Cc1cc(F)cc(N2CC3CC3(N)C2)c1. The van der Waals surface area contributed by atoms with Gasteiger partial charge in [-0.25, -0.2) is 4.39 Å². The number of hydrogen-bond acceptors (Lipinski definition) is 2. The molecule has 0 bridgehead atoms. The van der Waals surface area contributed by atoms with Crippen molar-refractivity contribution in [1.29, 1.82) is 0 Å². The second-order valence-corrected chi connectivity index (χ2v) is 4.86. The molecular formula is C13H13FN2. The molecule has 0 aromatic heterocycles. The van der Waals surface area contributed by atoms with Crippen LogP contribution in [0.4, 0.5) is 10.1 Å². The van der Waals surface area contributed by atoms with Crippen LogP contribution in [0.1, 0.15) is 12.0 Å². The van der Waals surface area contributed by atoms with Crippen LogP contribution in [0.25, 0.3) is 0 Å². The summed E-state index contributed by atoms with van der Waals surface area (Å²) in [6, 6.07) is 4.74. The summed E-state index contributed by atoms with van der Waals surface area (Å²) in [5, 5.41) is 0. The van der Waals surface area contributed by atoms with Gasteiger partial charge in [-0.1, -0.05) is 5.92 Å². The summed E-state index contributed by atoms with van der Waals surface area (Å²) in [5.41, 5.74) is 7.52. The molecule has 0 spiro atoms. The second kappa shape index (κ2) is 2.99. The quantitative estimate of drug-likeness (QED) is 0.718. The highest BCUT2D eigenvalue weighted by molar-refractivity contribution is 5.55. The topological polar surface area (TPSA) is 29.3 Å². The van der Waals surface area contributed by atoms with E-state index in [1.165, 1.54) is 12.1 Å². The van der Waals surface area contributed by atoms with Gasteiger partial charge in [-0.15, -0.1) is 6.42 Å². The largest absolute Gasteiger partial charge is 0.369 e. The Morgan fingerprint density at radius 3 is 2.94 bits per heavy atom. The minimum absolute atomic E-state index is 0.0252. The Morgan fingerprint density at radius 1 is 1.50 bits per heavy atom. The predicted molar refractivity (Wildman–Crippen MR) is 61.6 cm³/mol. The Bertz CT molecular complexity index is 491. The van der Waals surface area contributed by atoms with E-state index in [0.29, 0.717) is 11.5 Å². The highest BCUT2D eigenvalue weighted by Gasteiger charge is 2.57. The standard InChI is InChI=1S/C13H13FN2/c1-2-9-3-11(14)5-12(4-9)16-7-10-6-13(10,15)8-16/h1,3-5,10H,6-8,15H2. The van der Waals surface area contributed by atoms with E-state index in [4.69, 9.17) is 12.2 Å². The van der Waals surface area contributed by atoms with Crippen molar-refractivity contribution in [3.8, 4) is 12.3 Å². The van der Waals surface area contributed by atoms with Gasteiger partial charge >= 0.3 is 0 Å². The molecule has 2 fully saturated rings. The number of rotatable bonds is 1. The molecule has 1 aromatic carbocycles. The predicted octanol–water partition coefficient (Wildman–Crippen LogP) is 1.34. The van der Waals surface area contributed by atoms with Gasteiger partial charge in [-0.05, 0) is 30.5 Å². The first-order chi connectivity index (χ1) is 7.60. The van der Waals surface area contributed by atoms with E-state index >= 15 is 0 Å². The molecule has 16 heavy (non-hydrogen) atoms. The summed E-state index contributed by atoms with van der Waals surface area (Å²) in [7, 11) is 0. The zero-order valence-corrected chi connectivity index (χ0v) is 8.91. The number of benzene rings is 1. The molecule has 2 atom stereocenters. The van der Waals surface area contributed by atoms with Gasteiger partial charge in [0.15, 0.2) is 0 Å². The summed E-state index contributed by atoms with van der Waals surface area (Å²) < 4.78 is 13.3. The van der Waals surface area contributed by atoms with Crippen molar-refractivity contribution in [2.45, 2.75) is 12.0 Å². The number of piperidine rings is 1. The molecule has 1 saturated carbocycles. The van der Waals surface area contributed by atoms with Crippen molar-refractivity contribution in [3.05, 3.63) is 29.6 Å². The van der Waals surface area contributed by atoms with Crippen LogP contribution in [0.5, 0.6) is 0 Å². The Labute approximate surface area is 94.2 Å². The molecule has 1 aromatic rings. The van der Waals surface area contributed by atoms with Gasteiger partial charge in [-0.3, -0.25) is 0 Å². The number of anilines is 1. The van der Waals surface area contributed by atoms with Crippen molar-refractivity contribution < 1.29 is 4.39 Å². The number of halogens is 1. The van der Waals surface area contributed by atoms with Gasteiger partial charge in [0.1, 0.15) is 5.82 Å². The zero-order valence-electron chi connectivity index (χ0n) is 8.91. The summed E-state index contributed by atoms with van der Waals surface area (Å²) in [6.45, 7) is 1.73. The smallest absolute Gasteiger partial charge is 0.126 e. The average molecular weight is 216 g/mol. The molecule has 1 heterocycles. The first kappa shape index (κ1) is 9.68. The summed E-state index contributed by atoms with van der Waals surface area (Å²) in [5.74, 6) is 2.76. The maximum Gasteiger partial charge on any atom is 0.126 e. The molecule has 2 aliphatic rings. The molecule has 3 heteroatoms. The number of fused-ring (bicyclic) bond motifs is 1. The lowest BCUT2D eigenvalue weighted by Gasteiger charge is -2.21. The van der Waals surface area contributed by atoms with Crippen molar-refractivity contribution in [2.24, 2.45) is 11.7 Å². The lowest BCUT2D eigenvalue weighted by atomic mass is 10.2. The molecule has 1 aliphatic heterocycles. The van der Waals surface area contributed by atoms with E-state index in [0.717, 1.165) is 25.2 Å². The number of nitrogens with zero attached hydrogens (tertiary/aromatic N) is 1. The van der Waals surface area contributed by atoms with Crippen LogP contribution >= 0.6 is 0 Å². The highest BCUT2D eigenvalue weighted by Crippen LogP contribution is 2.48. The van der Waals surface area contributed by atoms with Crippen molar-refractivity contribution >= 4 is 5.69 Å². The van der Waals surface area contributed by atoms with Crippen LogP contribution in [0.15, 0.2) is 18.2 Å². The minimum atomic E-state index is -0.280.